The number of sulfone groups is 1. The number of hydrogen-bond acceptors (Lipinski definition) is 6. The summed E-state index contributed by atoms with van der Waals surface area (Å²) in [5.41, 5.74) is 5.82. The molecular weight excluding hydrogens is 293 g/mol. The molecule has 0 bridgehead atoms. The van der Waals surface area contributed by atoms with Crippen LogP contribution < -0.4 is 40.4 Å². The van der Waals surface area contributed by atoms with Gasteiger partial charge in [-0.25, -0.2) is 8.42 Å². The van der Waals surface area contributed by atoms with Crippen LogP contribution in [0.1, 0.15) is 0 Å². The number of aromatic hydroxyl groups is 2. The Labute approximate surface area is 137 Å². The zero-order chi connectivity index (χ0) is 14.2. The Hall–Kier alpha value is -1.41. The Morgan fingerprint density at radius 3 is 2.10 bits per heavy atom. The first kappa shape index (κ1) is 16.6. The van der Waals surface area contributed by atoms with Gasteiger partial charge in [0.15, 0.2) is 0 Å². The van der Waals surface area contributed by atoms with Gasteiger partial charge in [-0.3, -0.25) is 0 Å². The van der Waals surface area contributed by atoms with Crippen LogP contribution in [0, 0.1) is 0 Å². The standard InChI is InChI=1S/C12H11NO5S.Na/c13-7-1-3-9(4-2-7)19(17,18)12-10(15)5-8(14)6-11(12)16;/h1-6,14-16H,13H2;/q;+1/p-1. The summed E-state index contributed by atoms with van der Waals surface area (Å²) in [4.78, 5) is -0.935. The summed E-state index contributed by atoms with van der Waals surface area (Å²) in [5, 5.41) is 30.3. The molecule has 0 spiro atoms. The molecule has 8 heteroatoms. The topological polar surface area (TPSA) is 124 Å². The van der Waals surface area contributed by atoms with Crippen LogP contribution in [0.3, 0.4) is 0 Å². The fourth-order valence-corrected chi connectivity index (χ4v) is 3.00. The molecule has 0 atom stereocenters. The second-order valence-electron chi connectivity index (χ2n) is 3.86. The molecule has 0 saturated heterocycles. The second kappa shape index (κ2) is 5.92. The van der Waals surface area contributed by atoms with E-state index in [4.69, 9.17) is 10.8 Å². The van der Waals surface area contributed by atoms with E-state index in [0.717, 1.165) is 12.1 Å². The van der Waals surface area contributed by atoms with Crippen molar-refractivity contribution in [1.29, 1.82) is 0 Å². The molecule has 0 unspecified atom stereocenters. The fraction of sp³-hybridized carbons (Fsp3) is 0. The minimum absolute atomic E-state index is 0. The summed E-state index contributed by atoms with van der Waals surface area (Å²) in [5.74, 6) is -2.27. The van der Waals surface area contributed by atoms with Crippen LogP contribution in [0.2, 0.25) is 0 Å². The number of phenolic OH excluding ortho intramolecular Hbond substituents is 2. The first-order valence-corrected chi connectivity index (χ1v) is 6.64. The summed E-state index contributed by atoms with van der Waals surface area (Å²) in [6.07, 6.45) is 0. The number of anilines is 1. The Bertz CT molecular complexity index is 705. The van der Waals surface area contributed by atoms with E-state index in [1.165, 1.54) is 24.3 Å². The summed E-state index contributed by atoms with van der Waals surface area (Å²) in [7, 11) is -4.16. The van der Waals surface area contributed by atoms with Crippen LogP contribution in [0.5, 0.6) is 17.2 Å². The maximum absolute atomic E-state index is 12.2. The van der Waals surface area contributed by atoms with Gasteiger partial charge >= 0.3 is 29.6 Å². The molecule has 0 aliphatic carbocycles. The first-order chi connectivity index (χ1) is 8.82. The van der Waals surface area contributed by atoms with Gasteiger partial charge in [0.05, 0.1) is 4.90 Å². The normalized spacial score (nSPS) is 10.8. The van der Waals surface area contributed by atoms with Gasteiger partial charge in [0.25, 0.3) is 0 Å². The molecule has 2 aromatic carbocycles. The van der Waals surface area contributed by atoms with E-state index >= 15 is 0 Å². The van der Waals surface area contributed by atoms with E-state index in [9.17, 15) is 18.6 Å². The third-order valence-electron chi connectivity index (χ3n) is 2.48. The molecule has 0 fully saturated rings. The van der Waals surface area contributed by atoms with Crippen LogP contribution in [0.4, 0.5) is 5.69 Å². The number of rotatable bonds is 2. The van der Waals surface area contributed by atoms with Crippen molar-refractivity contribution >= 4 is 15.5 Å². The van der Waals surface area contributed by atoms with Gasteiger partial charge in [-0.1, -0.05) is 5.75 Å². The van der Waals surface area contributed by atoms with Crippen molar-refractivity contribution in [3.63, 3.8) is 0 Å². The van der Waals surface area contributed by atoms with Gasteiger partial charge in [-0.05, 0) is 30.3 Å². The van der Waals surface area contributed by atoms with Crippen molar-refractivity contribution in [3.8, 4) is 17.2 Å². The molecule has 0 aliphatic rings. The average Bonchev–Trinajstić information content (AvgIpc) is 2.27. The molecule has 0 aromatic heterocycles. The molecule has 0 radical (unpaired) electrons. The molecule has 2 rings (SSSR count). The van der Waals surface area contributed by atoms with Crippen molar-refractivity contribution in [2.75, 3.05) is 5.73 Å². The van der Waals surface area contributed by atoms with Crippen molar-refractivity contribution in [3.05, 3.63) is 36.4 Å². The van der Waals surface area contributed by atoms with Crippen molar-refractivity contribution < 1.29 is 53.3 Å². The van der Waals surface area contributed by atoms with E-state index in [1.54, 1.807) is 0 Å². The smallest absolute Gasteiger partial charge is 0.871 e. The molecule has 4 N–H and O–H groups in total. The van der Waals surface area contributed by atoms with Crippen molar-refractivity contribution in [2.45, 2.75) is 9.79 Å². The van der Waals surface area contributed by atoms with Crippen LogP contribution in [0.15, 0.2) is 46.2 Å². The quantitative estimate of drug-likeness (QED) is 0.419. The largest absolute Gasteiger partial charge is 1.00 e. The summed E-state index contributed by atoms with van der Waals surface area (Å²) in [6.45, 7) is 0. The third-order valence-corrected chi connectivity index (χ3v) is 4.32. The minimum Gasteiger partial charge on any atom is -0.871 e. The van der Waals surface area contributed by atoms with E-state index < -0.39 is 32.0 Å². The molecule has 6 nitrogen and oxygen atoms in total. The predicted octanol–water partition coefficient (Wildman–Crippen LogP) is -2.41. The number of hydrogen-bond donors (Lipinski definition) is 3. The van der Waals surface area contributed by atoms with Crippen LogP contribution in [-0.2, 0) is 9.84 Å². The van der Waals surface area contributed by atoms with E-state index in [0.29, 0.717) is 5.69 Å². The van der Waals surface area contributed by atoms with Gasteiger partial charge in [-0.15, -0.1) is 0 Å². The summed E-state index contributed by atoms with van der Waals surface area (Å²) >= 11 is 0. The molecule has 0 heterocycles. The Balaban J connectivity index is 0.00000200. The zero-order valence-corrected chi connectivity index (χ0v) is 13.4. The summed E-state index contributed by atoms with van der Waals surface area (Å²) < 4.78 is 24.4. The number of nitrogen functional groups attached to an aromatic ring is 1. The van der Waals surface area contributed by atoms with E-state index in [2.05, 4.69) is 0 Å². The average molecular weight is 303 g/mol. The Morgan fingerprint density at radius 1 is 1.05 bits per heavy atom. The SMILES string of the molecule is Nc1ccc(S(=O)(=O)c2c([O-])cc(O)cc2O)cc1.[Na+]. The molecule has 20 heavy (non-hydrogen) atoms. The minimum atomic E-state index is -4.16. The zero-order valence-electron chi connectivity index (χ0n) is 10.6. The fourth-order valence-electron chi connectivity index (χ4n) is 1.61. The number of nitrogens with two attached hydrogens (primary N) is 1. The molecule has 0 saturated carbocycles. The van der Waals surface area contributed by atoms with Crippen molar-refractivity contribution in [1.82, 2.24) is 0 Å². The van der Waals surface area contributed by atoms with E-state index in [1.807, 2.05) is 0 Å². The molecule has 0 amide bonds. The monoisotopic (exact) mass is 303 g/mol. The van der Waals surface area contributed by atoms with E-state index in [-0.39, 0.29) is 34.5 Å². The number of phenols is 2. The van der Waals surface area contributed by atoms with Crippen LogP contribution in [0.25, 0.3) is 0 Å². The van der Waals surface area contributed by atoms with Gasteiger partial charge in [-0.2, -0.15) is 0 Å². The maximum atomic E-state index is 12.2. The predicted molar refractivity (Wildman–Crippen MR) is 65.5 cm³/mol. The molecule has 0 aliphatic heterocycles. The third kappa shape index (κ3) is 3.01. The van der Waals surface area contributed by atoms with Crippen molar-refractivity contribution in [2.24, 2.45) is 0 Å². The van der Waals surface area contributed by atoms with Gasteiger partial charge < -0.3 is 21.1 Å². The van der Waals surface area contributed by atoms with Crippen LogP contribution in [-0.4, -0.2) is 18.6 Å². The Morgan fingerprint density at radius 2 is 1.60 bits per heavy atom. The number of benzene rings is 2. The molecule has 100 valence electrons. The molecule has 2 aromatic rings. The summed E-state index contributed by atoms with van der Waals surface area (Å²) in [6, 6.07) is 6.73. The Kier molecular flexibility index (Phi) is 4.93. The first-order valence-electron chi connectivity index (χ1n) is 5.16. The molecular formula is C12H10NNaO5S. The van der Waals surface area contributed by atoms with Gasteiger partial charge in [0, 0.05) is 11.8 Å². The van der Waals surface area contributed by atoms with Crippen LogP contribution >= 0.6 is 0 Å². The van der Waals surface area contributed by atoms with Gasteiger partial charge in [0.1, 0.15) is 16.4 Å². The second-order valence-corrected chi connectivity index (χ2v) is 5.75. The van der Waals surface area contributed by atoms with Gasteiger partial charge in [0.2, 0.25) is 9.84 Å². The maximum Gasteiger partial charge on any atom is 1.00 e.